The number of alkyl halides is 3. The molecule has 3 heterocycles. The molecule has 0 saturated carbocycles. The smallest absolute Gasteiger partial charge is 0.490 e. The molecule has 0 radical (unpaired) electrons. The molecule has 3 aromatic rings. The molecule has 8 nitrogen and oxygen atoms in total. The first-order valence-electron chi connectivity index (χ1n) is 11.8. The van der Waals surface area contributed by atoms with E-state index in [1.54, 1.807) is 7.11 Å². The molecular weight excluding hydrogens is 487 g/mol. The van der Waals surface area contributed by atoms with Crippen molar-refractivity contribution in [3.05, 3.63) is 65.4 Å². The number of halogens is 3. The summed E-state index contributed by atoms with van der Waals surface area (Å²) < 4.78 is 39.2. The molecule has 2 aliphatic rings. The van der Waals surface area contributed by atoms with Gasteiger partial charge in [0.15, 0.2) is 0 Å². The first-order valence-corrected chi connectivity index (χ1v) is 11.8. The minimum Gasteiger partial charge on any atom is -0.497 e. The van der Waals surface area contributed by atoms with E-state index in [0.717, 1.165) is 55.3 Å². The third kappa shape index (κ3) is 6.11. The highest BCUT2D eigenvalue weighted by Crippen LogP contribution is 2.39. The van der Waals surface area contributed by atoms with Crippen LogP contribution in [0, 0.1) is 6.92 Å². The third-order valence-corrected chi connectivity index (χ3v) is 6.30. The van der Waals surface area contributed by atoms with Crippen LogP contribution in [0.25, 0.3) is 16.8 Å². The number of ether oxygens (including phenoxy) is 1. The molecule has 3 N–H and O–H groups in total. The van der Waals surface area contributed by atoms with Gasteiger partial charge < -0.3 is 20.5 Å². The van der Waals surface area contributed by atoms with E-state index in [9.17, 15) is 13.2 Å². The number of carbonyl (C=O) groups is 1. The zero-order valence-corrected chi connectivity index (χ0v) is 20.5. The molecule has 0 amide bonds. The predicted molar refractivity (Wildman–Crippen MR) is 133 cm³/mol. The minimum atomic E-state index is -5.08. The van der Waals surface area contributed by atoms with E-state index in [-0.39, 0.29) is 6.04 Å². The number of carboxylic acid groups (broad SMARTS) is 1. The monoisotopic (exact) mass is 515 g/mol. The maximum atomic E-state index is 10.6. The topological polar surface area (TPSA) is 101 Å². The number of hydrogen-bond acceptors (Lipinski definition) is 6. The quantitative estimate of drug-likeness (QED) is 0.458. The standard InChI is InChI=1S/C24H27N5O.C2HF3O2/c1-16-24-21-7-6-18(17-8-11-25-12-9-17)14-22(21)23(10-13-29(24)28-27-16)26-19-4-3-5-20(15-19)30-2;3-2(4,5)1(6)7/h3-8,14-15,23,25-26H,9-13H2,1-2H3;(H,6,7). The second-order valence-corrected chi connectivity index (χ2v) is 8.75. The van der Waals surface area contributed by atoms with Crippen LogP contribution in [0.5, 0.6) is 5.75 Å². The second kappa shape index (κ2) is 11.0. The van der Waals surface area contributed by atoms with Crippen molar-refractivity contribution in [2.24, 2.45) is 0 Å². The maximum absolute atomic E-state index is 10.6. The first kappa shape index (κ1) is 26.2. The molecule has 2 aliphatic heterocycles. The highest BCUT2D eigenvalue weighted by Gasteiger charge is 2.38. The Morgan fingerprint density at radius 1 is 1.24 bits per heavy atom. The van der Waals surface area contributed by atoms with E-state index in [0.29, 0.717) is 0 Å². The van der Waals surface area contributed by atoms with Crippen molar-refractivity contribution in [2.45, 2.75) is 38.5 Å². The number of aryl methyl sites for hydroxylation is 2. The summed E-state index contributed by atoms with van der Waals surface area (Å²) in [6.45, 7) is 4.84. The summed E-state index contributed by atoms with van der Waals surface area (Å²) in [5.74, 6) is -1.90. The SMILES string of the molecule is COc1cccc(NC2CCn3nnc(C)c3-c3ccc(C4=CCNCC4)cc32)c1.O=C(O)C(F)(F)F. The van der Waals surface area contributed by atoms with Crippen LogP contribution >= 0.6 is 0 Å². The fourth-order valence-corrected chi connectivity index (χ4v) is 4.51. The van der Waals surface area contributed by atoms with Gasteiger partial charge in [-0.2, -0.15) is 13.2 Å². The van der Waals surface area contributed by atoms with Crippen molar-refractivity contribution >= 4 is 17.2 Å². The second-order valence-electron chi connectivity index (χ2n) is 8.75. The number of aliphatic carboxylic acids is 1. The molecule has 0 aliphatic carbocycles. The molecule has 37 heavy (non-hydrogen) atoms. The Labute approximate surface area is 212 Å². The van der Waals surface area contributed by atoms with Gasteiger partial charge in [0, 0.05) is 30.4 Å². The number of hydrogen-bond donors (Lipinski definition) is 3. The van der Waals surface area contributed by atoms with Crippen LogP contribution in [0.2, 0.25) is 0 Å². The fourth-order valence-electron chi connectivity index (χ4n) is 4.51. The van der Waals surface area contributed by atoms with E-state index in [1.165, 1.54) is 22.3 Å². The van der Waals surface area contributed by atoms with E-state index in [1.807, 2.05) is 23.7 Å². The zero-order chi connectivity index (χ0) is 26.6. The molecule has 196 valence electrons. The normalized spacial score (nSPS) is 16.8. The van der Waals surface area contributed by atoms with Crippen LogP contribution in [-0.4, -0.2) is 52.4 Å². The Bertz CT molecular complexity index is 1300. The van der Waals surface area contributed by atoms with E-state index in [4.69, 9.17) is 14.6 Å². The van der Waals surface area contributed by atoms with E-state index >= 15 is 0 Å². The largest absolute Gasteiger partial charge is 0.497 e. The number of methoxy groups -OCH3 is 1. The lowest BCUT2D eigenvalue weighted by Crippen LogP contribution is -2.21. The summed E-state index contributed by atoms with van der Waals surface area (Å²) in [5.41, 5.74) is 8.42. The number of aromatic nitrogens is 3. The lowest BCUT2D eigenvalue weighted by Gasteiger charge is -2.23. The molecule has 0 saturated heterocycles. The van der Waals surface area contributed by atoms with Crippen LogP contribution in [0.15, 0.2) is 48.5 Å². The van der Waals surface area contributed by atoms with Gasteiger partial charge in [-0.1, -0.05) is 29.5 Å². The number of nitrogens with one attached hydrogen (secondary N) is 2. The van der Waals surface area contributed by atoms with Crippen molar-refractivity contribution in [3.8, 4) is 17.0 Å². The van der Waals surface area contributed by atoms with Crippen LogP contribution in [0.1, 0.15) is 35.7 Å². The van der Waals surface area contributed by atoms with Gasteiger partial charge >= 0.3 is 12.1 Å². The summed E-state index contributed by atoms with van der Waals surface area (Å²) in [5, 5.41) is 23.0. The molecule has 1 aromatic heterocycles. The highest BCUT2D eigenvalue weighted by molar-refractivity contribution is 5.75. The van der Waals surface area contributed by atoms with Crippen LogP contribution in [-0.2, 0) is 11.3 Å². The molecule has 11 heteroatoms. The first-order chi connectivity index (χ1) is 17.7. The Hall–Kier alpha value is -3.86. The highest BCUT2D eigenvalue weighted by atomic mass is 19.4. The molecule has 1 unspecified atom stereocenters. The van der Waals surface area contributed by atoms with Gasteiger partial charge in [-0.25, -0.2) is 9.48 Å². The van der Waals surface area contributed by atoms with Gasteiger partial charge in [0.25, 0.3) is 0 Å². The molecule has 0 spiro atoms. The fraction of sp³-hybridized carbons (Fsp3) is 0.346. The Morgan fingerprint density at radius 3 is 2.70 bits per heavy atom. The van der Waals surface area contributed by atoms with Gasteiger partial charge in [-0.3, -0.25) is 0 Å². The minimum absolute atomic E-state index is 0.176. The number of anilines is 1. The van der Waals surface area contributed by atoms with Crippen molar-refractivity contribution in [2.75, 3.05) is 25.5 Å². The summed E-state index contributed by atoms with van der Waals surface area (Å²) in [7, 11) is 1.70. The number of nitrogens with zero attached hydrogens (tertiary/aromatic N) is 3. The van der Waals surface area contributed by atoms with Gasteiger partial charge in [-0.15, -0.1) is 5.10 Å². The lowest BCUT2D eigenvalue weighted by atomic mass is 9.90. The summed E-state index contributed by atoms with van der Waals surface area (Å²) >= 11 is 0. The number of benzene rings is 2. The summed E-state index contributed by atoms with van der Waals surface area (Å²) in [6, 6.07) is 15.2. The van der Waals surface area contributed by atoms with Gasteiger partial charge in [0.1, 0.15) is 5.75 Å². The van der Waals surface area contributed by atoms with Crippen molar-refractivity contribution in [1.82, 2.24) is 20.3 Å². The predicted octanol–water partition coefficient (Wildman–Crippen LogP) is 4.83. The van der Waals surface area contributed by atoms with E-state index in [2.05, 4.69) is 57.4 Å². The van der Waals surface area contributed by atoms with Crippen molar-refractivity contribution in [1.29, 1.82) is 0 Å². The number of fused-ring (bicyclic) bond motifs is 3. The molecule has 1 atom stereocenters. The molecule has 0 fully saturated rings. The van der Waals surface area contributed by atoms with Gasteiger partial charge in [0.2, 0.25) is 0 Å². The van der Waals surface area contributed by atoms with Gasteiger partial charge in [-0.05, 0) is 61.2 Å². The lowest BCUT2D eigenvalue weighted by molar-refractivity contribution is -0.192. The van der Waals surface area contributed by atoms with Crippen molar-refractivity contribution in [3.63, 3.8) is 0 Å². The van der Waals surface area contributed by atoms with Crippen LogP contribution < -0.4 is 15.4 Å². The number of rotatable bonds is 4. The van der Waals surface area contributed by atoms with Crippen LogP contribution in [0.3, 0.4) is 0 Å². The summed E-state index contributed by atoms with van der Waals surface area (Å²) in [4.78, 5) is 8.90. The molecule has 5 rings (SSSR count). The maximum Gasteiger partial charge on any atom is 0.490 e. The molecular formula is C26H28F3N5O3. The third-order valence-electron chi connectivity index (χ3n) is 6.30. The number of carboxylic acids is 1. The molecule has 2 aromatic carbocycles. The Balaban J connectivity index is 0.000000405. The Morgan fingerprint density at radius 2 is 2.03 bits per heavy atom. The van der Waals surface area contributed by atoms with E-state index < -0.39 is 12.1 Å². The van der Waals surface area contributed by atoms with Gasteiger partial charge in [0.05, 0.1) is 24.5 Å². The average molecular weight is 516 g/mol. The Kier molecular flexibility index (Phi) is 7.82. The summed E-state index contributed by atoms with van der Waals surface area (Å²) in [6.07, 6.45) is -0.779. The molecule has 0 bridgehead atoms. The van der Waals surface area contributed by atoms with Crippen LogP contribution in [0.4, 0.5) is 18.9 Å². The zero-order valence-electron chi connectivity index (χ0n) is 20.5. The average Bonchev–Trinajstić information content (AvgIpc) is 3.18. The van der Waals surface area contributed by atoms with Crippen molar-refractivity contribution < 1.29 is 27.8 Å².